The van der Waals surface area contributed by atoms with E-state index in [1.165, 1.54) is 0 Å². The van der Waals surface area contributed by atoms with Crippen LogP contribution in [0.5, 0.6) is 5.75 Å². The second-order valence-electron chi connectivity index (χ2n) is 5.82. The van der Waals surface area contributed by atoms with Gasteiger partial charge >= 0.3 is 5.97 Å². The normalized spacial score (nSPS) is 11.2. The molecule has 0 bridgehead atoms. The van der Waals surface area contributed by atoms with Crippen molar-refractivity contribution >= 4 is 29.2 Å². The Morgan fingerprint density at radius 2 is 1.96 bits per heavy atom. The van der Waals surface area contributed by atoms with Gasteiger partial charge in [-0.15, -0.1) is 0 Å². The van der Waals surface area contributed by atoms with Crippen molar-refractivity contribution in [3.63, 3.8) is 0 Å². The molecule has 0 saturated heterocycles. The number of nitrogens with zero attached hydrogens (tertiary/aromatic N) is 1. The van der Waals surface area contributed by atoms with Crippen LogP contribution >= 0.6 is 11.6 Å². The van der Waals surface area contributed by atoms with Crippen LogP contribution in [-0.4, -0.2) is 5.97 Å². The first-order valence-electron chi connectivity index (χ1n) is 7.66. The van der Waals surface area contributed by atoms with E-state index in [4.69, 9.17) is 16.3 Å². The molecule has 0 amide bonds. The predicted molar refractivity (Wildman–Crippen MR) is 96.5 cm³/mol. The summed E-state index contributed by atoms with van der Waals surface area (Å²) < 4.78 is 5.27. The number of benzene rings is 2. The summed E-state index contributed by atoms with van der Waals surface area (Å²) in [6.07, 6.45) is 2.15. The summed E-state index contributed by atoms with van der Waals surface area (Å²) in [7, 11) is 0. The van der Waals surface area contributed by atoms with Crippen molar-refractivity contribution in [3.05, 3.63) is 64.7 Å². The summed E-state index contributed by atoms with van der Waals surface area (Å²) in [6.45, 7) is 3.93. The van der Waals surface area contributed by atoms with E-state index in [9.17, 15) is 10.1 Å². The molecule has 0 radical (unpaired) electrons. The van der Waals surface area contributed by atoms with Crippen LogP contribution in [0.3, 0.4) is 0 Å². The molecule has 0 N–H and O–H groups in total. The molecule has 0 saturated carbocycles. The van der Waals surface area contributed by atoms with Crippen LogP contribution < -0.4 is 4.74 Å². The molecule has 0 spiro atoms. The van der Waals surface area contributed by atoms with Gasteiger partial charge in [0.2, 0.25) is 0 Å². The highest BCUT2D eigenvalue weighted by atomic mass is 35.5. The Morgan fingerprint density at radius 1 is 1.25 bits per heavy atom. The van der Waals surface area contributed by atoms with Crippen LogP contribution in [0.4, 0.5) is 0 Å². The zero-order valence-electron chi connectivity index (χ0n) is 13.6. The lowest BCUT2D eigenvalue weighted by Gasteiger charge is -2.06. The van der Waals surface area contributed by atoms with Crippen LogP contribution in [-0.2, 0) is 4.79 Å². The van der Waals surface area contributed by atoms with E-state index in [1.54, 1.807) is 48.5 Å². The van der Waals surface area contributed by atoms with Crippen LogP contribution in [0.15, 0.2) is 48.5 Å². The Hall–Kier alpha value is -2.57. The number of hydrogen-bond donors (Lipinski definition) is 0. The van der Waals surface area contributed by atoms with E-state index < -0.39 is 0 Å². The van der Waals surface area contributed by atoms with E-state index in [0.717, 1.165) is 11.1 Å². The quantitative estimate of drug-likeness (QED) is 0.319. The summed E-state index contributed by atoms with van der Waals surface area (Å²) in [5.74, 6) is 0.514. The molecule has 0 atom stereocenters. The van der Waals surface area contributed by atoms with Crippen LogP contribution in [0, 0.1) is 17.2 Å². The number of rotatable bonds is 5. The Bertz CT molecular complexity index is 786. The maximum absolute atomic E-state index is 11.7. The average molecular weight is 340 g/mol. The fraction of sp³-hybridized carbons (Fsp3) is 0.200. The fourth-order valence-corrected chi connectivity index (χ4v) is 2.33. The van der Waals surface area contributed by atoms with Gasteiger partial charge in [0.25, 0.3) is 0 Å². The third-order valence-electron chi connectivity index (χ3n) is 3.25. The van der Waals surface area contributed by atoms with Gasteiger partial charge in [-0.3, -0.25) is 4.79 Å². The molecule has 24 heavy (non-hydrogen) atoms. The molecule has 4 heteroatoms. The van der Waals surface area contributed by atoms with Crippen molar-refractivity contribution in [2.75, 3.05) is 0 Å². The Morgan fingerprint density at radius 3 is 2.54 bits per heavy atom. The second-order valence-corrected chi connectivity index (χ2v) is 6.26. The summed E-state index contributed by atoms with van der Waals surface area (Å²) in [5, 5.41) is 9.94. The Kier molecular flexibility index (Phi) is 6.17. The van der Waals surface area contributed by atoms with Crippen LogP contribution in [0.2, 0.25) is 5.02 Å². The van der Waals surface area contributed by atoms with Gasteiger partial charge in [0, 0.05) is 11.4 Å². The van der Waals surface area contributed by atoms with E-state index in [1.807, 2.05) is 19.9 Å². The van der Waals surface area contributed by atoms with Gasteiger partial charge < -0.3 is 4.74 Å². The minimum atomic E-state index is -0.245. The van der Waals surface area contributed by atoms with Crippen molar-refractivity contribution in [2.24, 2.45) is 5.92 Å². The molecular formula is C20H18ClNO2. The van der Waals surface area contributed by atoms with Crippen molar-refractivity contribution in [1.82, 2.24) is 0 Å². The molecule has 0 heterocycles. The Balaban J connectivity index is 2.15. The van der Waals surface area contributed by atoms with Crippen LogP contribution in [0.1, 0.15) is 31.4 Å². The minimum Gasteiger partial charge on any atom is -0.427 e. The lowest BCUT2D eigenvalue weighted by Crippen LogP contribution is -2.10. The van der Waals surface area contributed by atoms with Crippen molar-refractivity contribution in [1.29, 1.82) is 5.26 Å². The highest BCUT2D eigenvalue weighted by Crippen LogP contribution is 2.22. The third-order valence-corrected chi connectivity index (χ3v) is 3.49. The number of hydrogen-bond acceptors (Lipinski definition) is 3. The van der Waals surface area contributed by atoms with Crippen molar-refractivity contribution in [3.8, 4) is 11.8 Å². The molecule has 2 aromatic rings. The standard InChI is InChI=1S/C20H18ClNO2/c1-14(2)10-20(23)24-19-8-6-15(7-9-19)11-17(13-22)16-4-3-5-18(21)12-16/h3-9,11-12,14H,10H2,1-2H3/b17-11-. The van der Waals surface area contributed by atoms with Crippen LogP contribution in [0.25, 0.3) is 11.6 Å². The first kappa shape index (κ1) is 17.8. The molecule has 2 rings (SSSR count). The van der Waals surface area contributed by atoms with Crippen molar-refractivity contribution < 1.29 is 9.53 Å². The summed E-state index contributed by atoms with van der Waals surface area (Å²) >= 11 is 5.97. The number of ether oxygens (including phenoxy) is 1. The molecule has 0 fully saturated rings. The van der Waals surface area contributed by atoms with Gasteiger partial charge in [-0.05, 0) is 47.4 Å². The molecule has 0 aliphatic rings. The van der Waals surface area contributed by atoms with Gasteiger partial charge in [-0.1, -0.05) is 49.7 Å². The summed E-state index contributed by atoms with van der Waals surface area (Å²) in [5.41, 5.74) is 2.12. The lowest BCUT2D eigenvalue weighted by atomic mass is 10.0. The van der Waals surface area contributed by atoms with Gasteiger partial charge in [-0.25, -0.2) is 0 Å². The molecule has 2 aromatic carbocycles. The second kappa shape index (κ2) is 8.33. The van der Waals surface area contributed by atoms with E-state index in [2.05, 4.69) is 6.07 Å². The largest absolute Gasteiger partial charge is 0.427 e. The average Bonchev–Trinajstić information content (AvgIpc) is 2.53. The smallest absolute Gasteiger partial charge is 0.311 e. The van der Waals surface area contributed by atoms with E-state index >= 15 is 0 Å². The van der Waals surface area contributed by atoms with Gasteiger partial charge in [0.1, 0.15) is 5.75 Å². The summed E-state index contributed by atoms with van der Waals surface area (Å²) in [6, 6.07) is 16.4. The highest BCUT2D eigenvalue weighted by molar-refractivity contribution is 6.30. The fourth-order valence-electron chi connectivity index (χ4n) is 2.14. The molecule has 0 unspecified atom stereocenters. The molecular weight excluding hydrogens is 322 g/mol. The highest BCUT2D eigenvalue weighted by Gasteiger charge is 2.07. The van der Waals surface area contributed by atoms with Gasteiger partial charge in [0.05, 0.1) is 11.6 Å². The zero-order valence-corrected chi connectivity index (χ0v) is 14.4. The van der Waals surface area contributed by atoms with E-state index in [0.29, 0.717) is 22.8 Å². The minimum absolute atomic E-state index is 0.245. The first-order chi connectivity index (χ1) is 11.5. The molecule has 0 aliphatic carbocycles. The van der Waals surface area contributed by atoms with Gasteiger partial charge in [-0.2, -0.15) is 5.26 Å². The Labute approximate surface area is 147 Å². The number of nitriles is 1. The first-order valence-corrected chi connectivity index (χ1v) is 8.04. The van der Waals surface area contributed by atoms with Crippen molar-refractivity contribution in [2.45, 2.75) is 20.3 Å². The number of allylic oxidation sites excluding steroid dienone is 1. The monoisotopic (exact) mass is 339 g/mol. The van der Waals surface area contributed by atoms with Gasteiger partial charge in [0.15, 0.2) is 0 Å². The topological polar surface area (TPSA) is 50.1 Å². The predicted octanol–water partition coefficient (Wildman–Crippen LogP) is 5.36. The molecule has 3 nitrogen and oxygen atoms in total. The summed E-state index contributed by atoms with van der Waals surface area (Å²) in [4.78, 5) is 11.7. The molecule has 0 aliphatic heterocycles. The third kappa shape index (κ3) is 5.26. The number of halogens is 1. The lowest BCUT2D eigenvalue weighted by molar-refractivity contribution is -0.135. The van der Waals surface area contributed by atoms with E-state index in [-0.39, 0.29) is 11.9 Å². The number of carbonyl (C=O) groups is 1. The maximum Gasteiger partial charge on any atom is 0.311 e. The SMILES string of the molecule is CC(C)CC(=O)Oc1ccc(/C=C(/C#N)c2cccc(Cl)c2)cc1. The molecule has 0 aromatic heterocycles. The zero-order chi connectivity index (χ0) is 17.5. The number of esters is 1. The number of carbonyl (C=O) groups excluding carboxylic acids is 1. The maximum atomic E-state index is 11.7. The molecule has 122 valence electrons.